The Bertz CT molecular complexity index is 3630. The predicted molar refractivity (Wildman–Crippen MR) is 269 cm³/mol. The molecule has 4 nitrogen and oxygen atoms in total. The molecule has 0 spiro atoms. The highest BCUT2D eigenvalue weighted by Crippen LogP contribution is 2.49. The quantitative estimate of drug-likeness (QED) is 0.175. The van der Waals surface area contributed by atoms with Gasteiger partial charge in [-0.05, 0) is 82.1 Å². The number of aromatic nitrogens is 1. The van der Waals surface area contributed by atoms with Crippen molar-refractivity contribution < 1.29 is 0 Å². The van der Waals surface area contributed by atoms with E-state index >= 15 is 0 Å². The number of hydrogen-bond donors (Lipinski definition) is 2. The van der Waals surface area contributed by atoms with Crippen molar-refractivity contribution >= 4 is 90.4 Å². The zero-order valence-electron chi connectivity index (χ0n) is 34.3. The Hall–Kier alpha value is -6.64. The maximum atomic E-state index is 5.77. The van der Waals surface area contributed by atoms with Crippen molar-refractivity contribution in [3.8, 4) is 16.8 Å². The molecule has 0 saturated carbocycles. The Morgan fingerprint density at radius 3 is 2.05 bits per heavy atom. The lowest BCUT2D eigenvalue weighted by Gasteiger charge is -2.51. The SMILES string of the molecule is C1=CCCC(c2cccc3c2c2ccccc2n3-c2ccccc2C2[N-]C(c3cccc4sc5c(ccc6c7ccccc7sc65)c34)NC(c3ccc(-c4ccccc4)cc3)N2)=C1. The molecule has 3 atom stereocenters. The number of thiophene rings is 2. The third-order valence-electron chi connectivity index (χ3n) is 13.2. The van der Waals surface area contributed by atoms with E-state index in [-0.39, 0.29) is 18.5 Å². The Kier molecular flexibility index (Phi) is 8.81. The van der Waals surface area contributed by atoms with E-state index in [1.165, 1.54) is 95.5 Å². The van der Waals surface area contributed by atoms with Crippen LogP contribution in [0.1, 0.15) is 53.6 Å². The fraction of sp³-hybridized carbons (Fsp3) is 0.0877. The van der Waals surface area contributed by atoms with Crippen molar-refractivity contribution in [2.24, 2.45) is 0 Å². The predicted octanol–water partition coefficient (Wildman–Crippen LogP) is 15.9. The van der Waals surface area contributed by atoms with E-state index in [1.54, 1.807) is 0 Å². The van der Waals surface area contributed by atoms with Gasteiger partial charge >= 0.3 is 0 Å². The van der Waals surface area contributed by atoms with Gasteiger partial charge in [0.05, 0.1) is 26.6 Å². The molecule has 4 heterocycles. The van der Waals surface area contributed by atoms with E-state index < -0.39 is 0 Å². The minimum atomic E-state index is -0.328. The number of fused-ring (bicyclic) bond motifs is 10. The summed E-state index contributed by atoms with van der Waals surface area (Å²) in [5.74, 6) is 0. The summed E-state index contributed by atoms with van der Waals surface area (Å²) in [4.78, 5) is 0. The van der Waals surface area contributed by atoms with Crippen LogP contribution >= 0.6 is 22.7 Å². The molecule has 1 aliphatic carbocycles. The Morgan fingerprint density at radius 2 is 1.17 bits per heavy atom. The van der Waals surface area contributed by atoms with Gasteiger partial charge < -0.3 is 20.5 Å². The van der Waals surface area contributed by atoms with Crippen molar-refractivity contribution in [1.29, 1.82) is 0 Å². The van der Waals surface area contributed by atoms with Gasteiger partial charge in [0.1, 0.15) is 0 Å². The highest BCUT2D eigenvalue weighted by Gasteiger charge is 2.27. The van der Waals surface area contributed by atoms with Crippen LogP contribution in [0, 0.1) is 0 Å². The summed E-state index contributed by atoms with van der Waals surface area (Å²) in [6.07, 6.45) is 8.08. The molecular weight excluding hydrogens is 805 g/mol. The largest absolute Gasteiger partial charge is 0.624 e. The van der Waals surface area contributed by atoms with Gasteiger partial charge in [-0.2, -0.15) is 0 Å². The Balaban J connectivity index is 0.978. The molecule has 0 bridgehead atoms. The average molecular weight is 846 g/mol. The maximum Gasteiger partial charge on any atom is 0.0814 e. The molecule has 0 radical (unpaired) electrons. The van der Waals surface area contributed by atoms with Gasteiger partial charge in [-0.25, -0.2) is 0 Å². The fourth-order valence-electron chi connectivity index (χ4n) is 10.2. The van der Waals surface area contributed by atoms with Crippen LogP contribution in [0.3, 0.4) is 0 Å². The molecule has 63 heavy (non-hydrogen) atoms. The zero-order valence-corrected chi connectivity index (χ0v) is 36.0. The number of nitrogens with zero attached hydrogens (tertiary/aromatic N) is 2. The molecule has 3 aromatic heterocycles. The molecular formula is C57H41N4S2-. The lowest BCUT2D eigenvalue weighted by atomic mass is 9.93. The van der Waals surface area contributed by atoms with Gasteiger partial charge in [-0.15, -0.1) is 22.7 Å². The highest BCUT2D eigenvalue weighted by molar-refractivity contribution is 7.33. The molecule has 13 rings (SSSR count). The summed E-state index contributed by atoms with van der Waals surface area (Å²) < 4.78 is 7.81. The summed E-state index contributed by atoms with van der Waals surface area (Å²) in [7, 11) is 0. The number of benzene rings is 8. The van der Waals surface area contributed by atoms with Gasteiger partial charge in [0.25, 0.3) is 0 Å². The van der Waals surface area contributed by atoms with Gasteiger partial charge in [0, 0.05) is 47.4 Å². The van der Waals surface area contributed by atoms with E-state index in [9.17, 15) is 0 Å². The second-order valence-corrected chi connectivity index (χ2v) is 18.8. The zero-order chi connectivity index (χ0) is 41.4. The lowest BCUT2D eigenvalue weighted by molar-refractivity contribution is 0.317. The van der Waals surface area contributed by atoms with Gasteiger partial charge in [0.15, 0.2) is 0 Å². The third-order valence-corrected chi connectivity index (χ3v) is 15.7. The Morgan fingerprint density at radius 1 is 0.508 bits per heavy atom. The number of nitrogens with one attached hydrogen (secondary N) is 2. The van der Waals surface area contributed by atoms with Gasteiger partial charge in [-0.3, -0.25) is 0 Å². The first-order chi connectivity index (χ1) is 31.2. The van der Waals surface area contributed by atoms with Crippen molar-refractivity contribution in [3.63, 3.8) is 0 Å². The first-order valence-corrected chi connectivity index (χ1v) is 23.5. The lowest BCUT2D eigenvalue weighted by Crippen LogP contribution is -2.44. The summed E-state index contributed by atoms with van der Waals surface area (Å²) in [6.45, 7) is 0. The molecule has 2 aliphatic rings. The third kappa shape index (κ3) is 6.05. The average Bonchev–Trinajstić information content (AvgIpc) is 4.04. The molecule has 1 saturated heterocycles. The monoisotopic (exact) mass is 845 g/mol. The van der Waals surface area contributed by atoms with Crippen LogP contribution < -0.4 is 10.6 Å². The standard InChI is InChI=1S/C57H41N4S2/c1-3-15-35(16-4-1)36-29-31-38(32-30-36)55-58-56(60-57(59-55)45-23-14-28-50-52(45)44-34-33-41-40-19-9-12-27-49(40)62-53(41)54(44)63-50)43-21-8-11-25-47(43)61-46-24-10-7-20-42(46)51-39(22-13-26-48(51)61)37-17-5-2-6-18-37/h1-5,7-17,19-34,55-59H,6,18H2/q-1. The van der Waals surface area contributed by atoms with E-state index in [0.29, 0.717) is 0 Å². The van der Waals surface area contributed by atoms with Crippen LogP contribution in [-0.2, 0) is 0 Å². The van der Waals surface area contributed by atoms with Crippen LogP contribution in [0.2, 0.25) is 0 Å². The van der Waals surface area contributed by atoms with Crippen LogP contribution in [0.25, 0.3) is 89.9 Å². The molecule has 6 heteroatoms. The minimum Gasteiger partial charge on any atom is -0.624 e. The van der Waals surface area contributed by atoms with Crippen molar-refractivity contribution in [2.75, 3.05) is 0 Å². The van der Waals surface area contributed by atoms with Gasteiger partial charge in [0.2, 0.25) is 0 Å². The molecule has 3 unspecified atom stereocenters. The van der Waals surface area contributed by atoms with E-state index in [4.69, 9.17) is 5.32 Å². The second-order valence-electron chi connectivity index (χ2n) is 16.7. The molecule has 302 valence electrons. The van der Waals surface area contributed by atoms with Crippen molar-refractivity contribution in [2.45, 2.75) is 31.3 Å². The molecule has 1 aliphatic heterocycles. The van der Waals surface area contributed by atoms with Crippen LogP contribution in [0.5, 0.6) is 0 Å². The van der Waals surface area contributed by atoms with E-state index in [0.717, 1.165) is 24.1 Å². The summed E-state index contributed by atoms with van der Waals surface area (Å²) in [5.41, 5.74) is 12.2. The van der Waals surface area contributed by atoms with Crippen molar-refractivity contribution in [1.82, 2.24) is 15.2 Å². The molecule has 2 N–H and O–H groups in total. The van der Waals surface area contributed by atoms with E-state index in [2.05, 4.69) is 209 Å². The topological polar surface area (TPSA) is 43.1 Å². The number of hydrogen-bond acceptors (Lipinski definition) is 4. The Labute approximate surface area is 373 Å². The smallest absolute Gasteiger partial charge is 0.0814 e. The normalized spacial score (nSPS) is 18.0. The van der Waals surface area contributed by atoms with Gasteiger partial charge in [-0.1, -0.05) is 176 Å². The second kappa shape index (κ2) is 15.0. The minimum absolute atomic E-state index is 0.180. The summed E-state index contributed by atoms with van der Waals surface area (Å²) >= 11 is 3.81. The van der Waals surface area contributed by atoms with Crippen LogP contribution in [0.15, 0.2) is 194 Å². The maximum absolute atomic E-state index is 5.77. The fourth-order valence-corrected chi connectivity index (χ4v) is 12.8. The van der Waals surface area contributed by atoms with Crippen LogP contribution in [-0.4, -0.2) is 4.57 Å². The first kappa shape index (κ1) is 37.0. The number of para-hydroxylation sites is 2. The number of rotatable bonds is 6. The van der Waals surface area contributed by atoms with Crippen LogP contribution in [0.4, 0.5) is 0 Å². The first-order valence-electron chi connectivity index (χ1n) is 21.9. The summed E-state index contributed by atoms with van der Waals surface area (Å²) in [6, 6.07) is 64.5. The summed E-state index contributed by atoms with van der Waals surface area (Å²) in [5, 5.41) is 21.6. The van der Waals surface area contributed by atoms with E-state index in [1.807, 2.05) is 22.7 Å². The molecule has 0 amide bonds. The molecule has 8 aromatic carbocycles. The highest BCUT2D eigenvalue weighted by atomic mass is 32.1. The number of allylic oxidation sites excluding steroid dienone is 4. The molecule has 11 aromatic rings. The van der Waals surface area contributed by atoms with Crippen molar-refractivity contribution in [3.05, 3.63) is 222 Å². The molecule has 1 fully saturated rings.